The number of hydrogen-bond acceptors (Lipinski definition) is 2. The number of pyridine rings is 1. The molecule has 0 amide bonds. The third-order valence-corrected chi connectivity index (χ3v) is 3.42. The Morgan fingerprint density at radius 3 is 2.56 bits per heavy atom. The number of benzene rings is 1. The molecule has 0 radical (unpaired) electrons. The van der Waals surface area contributed by atoms with E-state index in [1.807, 2.05) is 6.92 Å². The maximum absolute atomic E-state index is 5.81. The molecule has 0 bridgehead atoms. The smallest absolute Gasteiger partial charge is 0.0734 e. The van der Waals surface area contributed by atoms with Crippen LogP contribution in [0.5, 0.6) is 0 Å². The lowest BCUT2D eigenvalue weighted by atomic mass is 9.85. The van der Waals surface area contributed by atoms with Crippen LogP contribution in [0.15, 0.2) is 24.3 Å². The van der Waals surface area contributed by atoms with Crippen molar-refractivity contribution in [2.45, 2.75) is 34.1 Å². The van der Waals surface area contributed by atoms with E-state index in [-0.39, 0.29) is 5.41 Å². The Bertz CT molecular complexity index is 571. The van der Waals surface area contributed by atoms with Gasteiger partial charge in [-0.2, -0.15) is 0 Å². The molecule has 1 aromatic carbocycles. The van der Waals surface area contributed by atoms with Crippen molar-refractivity contribution in [1.29, 1.82) is 0 Å². The fourth-order valence-electron chi connectivity index (χ4n) is 2.31. The van der Waals surface area contributed by atoms with E-state index in [1.165, 1.54) is 16.5 Å². The average Bonchev–Trinajstić information content (AvgIpc) is 2.30. The number of aromatic nitrogens is 1. The Labute approximate surface area is 109 Å². The molecule has 2 nitrogen and oxygen atoms in total. The Morgan fingerprint density at radius 2 is 1.89 bits per heavy atom. The van der Waals surface area contributed by atoms with Gasteiger partial charge in [0, 0.05) is 11.1 Å². The summed E-state index contributed by atoms with van der Waals surface area (Å²) in [6, 6.07) is 8.71. The first-order valence-electron chi connectivity index (χ1n) is 6.48. The van der Waals surface area contributed by atoms with E-state index in [1.54, 1.807) is 0 Å². The van der Waals surface area contributed by atoms with Crippen LogP contribution in [-0.4, -0.2) is 11.5 Å². The van der Waals surface area contributed by atoms with Gasteiger partial charge in [-0.05, 0) is 55.5 Å². The first kappa shape index (κ1) is 13.0. The maximum atomic E-state index is 5.81. The molecule has 18 heavy (non-hydrogen) atoms. The van der Waals surface area contributed by atoms with Gasteiger partial charge >= 0.3 is 0 Å². The molecule has 0 atom stereocenters. The van der Waals surface area contributed by atoms with E-state index in [0.717, 1.165) is 17.6 Å². The molecule has 0 spiro atoms. The van der Waals surface area contributed by atoms with Crippen LogP contribution in [0.4, 0.5) is 0 Å². The van der Waals surface area contributed by atoms with Gasteiger partial charge in [0.2, 0.25) is 0 Å². The van der Waals surface area contributed by atoms with Crippen LogP contribution in [0.3, 0.4) is 0 Å². The van der Waals surface area contributed by atoms with Crippen LogP contribution in [0.25, 0.3) is 10.9 Å². The topological polar surface area (TPSA) is 38.9 Å². The van der Waals surface area contributed by atoms with Crippen LogP contribution in [0.2, 0.25) is 0 Å². The number of fused-ring (bicyclic) bond motifs is 1. The van der Waals surface area contributed by atoms with Crippen LogP contribution in [-0.2, 0) is 6.42 Å². The van der Waals surface area contributed by atoms with Crippen molar-refractivity contribution < 1.29 is 0 Å². The van der Waals surface area contributed by atoms with Crippen LogP contribution >= 0.6 is 0 Å². The highest BCUT2D eigenvalue weighted by Crippen LogP contribution is 2.25. The highest BCUT2D eigenvalue weighted by atomic mass is 14.7. The lowest BCUT2D eigenvalue weighted by molar-refractivity contribution is 0.377. The molecule has 0 saturated heterocycles. The summed E-state index contributed by atoms with van der Waals surface area (Å²) in [6.45, 7) is 9.29. The predicted octanol–water partition coefficient (Wildman–Crippen LogP) is 3.38. The second-order valence-electron chi connectivity index (χ2n) is 5.98. The predicted molar refractivity (Wildman–Crippen MR) is 77.8 cm³/mol. The van der Waals surface area contributed by atoms with Gasteiger partial charge in [0.1, 0.15) is 0 Å². The summed E-state index contributed by atoms with van der Waals surface area (Å²) in [5.41, 5.74) is 10.7. The van der Waals surface area contributed by atoms with Gasteiger partial charge in [0.15, 0.2) is 0 Å². The minimum Gasteiger partial charge on any atom is -0.330 e. The zero-order valence-electron chi connectivity index (χ0n) is 11.7. The molecule has 2 aromatic rings. The Morgan fingerprint density at radius 1 is 1.17 bits per heavy atom. The molecule has 96 valence electrons. The number of rotatable bonds is 3. The molecular weight excluding hydrogens is 220 g/mol. The lowest BCUT2D eigenvalue weighted by Crippen LogP contribution is -2.25. The third-order valence-electron chi connectivity index (χ3n) is 3.42. The SMILES string of the molecule is Cc1ccc2cc(CC(C)(C)CN)cc(C)c2n1. The van der Waals surface area contributed by atoms with Crippen LogP contribution in [0.1, 0.15) is 30.7 Å². The van der Waals surface area contributed by atoms with Gasteiger partial charge in [0.25, 0.3) is 0 Å². The van der Waals surface area contributed by atoms with Crippen molar-refractivity contribution in [3.8, 4) is 0 Å². The molecule has 0 unspecified atom stereocenters. The fraction of sp³-hybridized carbons (Fsp3) is 0.438. The van der Waals surface area contributed by atoms with E-state index in [0.29, 0.717) is 6.54 Å². The summed E-state index contributed by atoms with van der Waals surface area (Å²) in [6.07, 6.45) is 1.01. The minimum atomic E-state index is 0.151. The molecule has 0 aliphatic carbocycles. The van der Waals surface area contributed by atoms with E-state index >= 15 is 0 Å². The second kappa shape index (κ2) is 4.69. The number of nitrogens with zero attached hydrogens (tertiary/aromatic N) is 1. The average molecular weight is 242 g/mol. The molecule has 1 heterocycles. The molecule has 2 heteroatoms. The molecule has 0 saturated carbocycles. The monoisotopic (exact) mass is 242 g/mol. The van der Waals surface area contributed by atoms with Crippen molar-refractivity contribution in [3.05, 3.63) is 41.1 Å². The van der Waals surface area contributed by atoms with Gasteiger partial charge in [-0.15, -0.1) is 0 Å². The summed E-state index contributed by atoms with van der Waals surface area (Å²) < 4.78 is 0. The largest absolute Gasteiger partial charge is 0.330 e. The number of nitrogens with two attached hydrogens (primary N) is 1. The standard InChI is InChI=1S/C16H22N2/c1-11-7-13(9-16(3,4)10-17)8-14-6-5-12(2)18-15(11)14/h5-8H,9-10,17H2,1-4H3. The number of hydrogen-bond donors (Lipinski definition) is 1. The summed E-state index contributed by atoms with van der Waals surface area (Å²) in [5.74, 6) is 0. The van der Waals surface area contributed by atoms with Crippen molar-refractivity contribution in [2.75, 3.05) is 6.54 Å². The van der Waals surface area contributed by atoms with Crippen LogP contribution in [0, 0.1) is 19.3 Å². The highest BCUT2D eigenvalue weighted by molar-refractivity contribution is 5.82. The summed E-state index contributed by atoms with van der Waals surface area (Å²) in [5, 5.41) is 1.23. The minimum absolute atomic E-state index is 0.151. The molecule has 1 aromatic heterocycles. The Hall–Kier alpha value is -1.41. The summed E-state index contributed by atoms with van der Waals surface area (Å²) in [4.78, 5) is 4.61. The lowest BCUT2D eigenvalue weighted by Gasteiger charge is -2.22. The van der Waals surface area contributed by atoms with Crippen molar-refractivity contribution >= 4 is 10.9 Å². The van der Waals surface area contributed by atoms with E-state index < -0.39 is 0 Å². The third kappa shape index (κ3) is 2.70. The zero-order chi connectivity index (χ0) is 13.3. The Kier molecular flexibility index (Phi) is 3.40. The van der Waals surface area contributed by atoms with E-state index in [9.17, 15) is 0 Å². The van der Waals surface area contributed by atoms with Gasteiger partial charge in [-0.25, -0.2) is 0 Å². The van der Waals surface area contributed by atoms with Crippen molar-refractivity contribution in [3.63, 3.8) is 0 Å². The molecular formula is C16H22N2. The molecule has 0 aliphatic heterocycles. The van der Waals surface area contributed by atoms with Gasteiger partial charge in [-0.1, -0.05) is 26.0 Å². The molecule has 2 N–H and O–H groups in total. The first-order valence-corrected chi connectivity index (χ1v) is 6.48. The van der Waals surface area contributed by atoms with Gasteiger partial charge in [0.05, 0.1) is 5.52 Å². The highest BCUT2D eigenvalue weighted by Gasteiger charge is 2.17. The Balaban J connectivity index is 2.46. The molecule has 2 rings (SSSR count). The first-order chi connectivity index (χ1) is 8.41. The van der Waals surface area contributed by atoms with E-state index in [2.05, 4.69) is 50.0 Å². The summed E-state index contributed by atoms with van der Waals surface area (Å²) >= 11 is 0. The molecule has 0 aliphatic rings. The van der Waals surface area contributed by atoms with Crippen LogP contribution < -0.4 is 5.73 Å². The van der Waals surface area contributed by atoms with E-state index in [4.69, 9.17) is 5.73 Å². The zero-order valence-corrected chi connectivity index (χ0v) is 11.7. The molecule has 0 fully saturated rings. The van der Waals surface area contributed by atoms with Gasteiger partial charge in [-0.3, -0.25) is 4.98 Å². The van der Waals surface area contributed by atoms with Crippen molar-refractivity contribution in [1.82, 2.24) is 4.98 Å². The quantitative estimate of drug-likeness (QED) is 0.896. The summed E-state index contributed by atoms with van der Waals surface area (Å²) in [7, 11) is 0. The van der Waals surface area contributed by atoms with Crippen molar-refractivity contribution in [2.24, 2.45) is 11.1 Å². The fourth-order valence-corrected chi connectivity index (χ4v) is 2.31. The normalized spacial score (nSPS) is 12.1. The number of aryl methyl sites for hydroxylation is 2. The maximum Gasteiger partial charge on any atom is 0.0734 e. The second-order valence-corrected chi connectivity index (χ2v) is 5.98. The van der Waals surface area contributed by atoms with Gasteiger partial charge < -0.3 is 5.73 Å².